The van der Waals surface area contributed by atoms with Crippen molar-refractivity contribution in [3.8, 4) is 0 Å². The van der Waals surface area contributed by atoms with Crippen molar-refractivity contribution >= 4 is 22.5 Å². The monoisotopic (exact) mass is 220 g/mol. The summed E-state index contributed by atoms with van der Waals surface area (Å²) in [6.07, 6.45) is 2.04. The zero-order valence-electron chi connectivity index (χ0n) is 8.41. The number of hydrogen-bond donors (Lipinski definition) is 1. The topological polar surface area (TPSA) is 30.9 Å². The van der Waals surface area contributed by atoms with Gasteiger partial charge in [0, 0.05) is 35.2 Å². The molecule has 0 saturated carbocycles. The Morgan fingerprint density at radius 1 is 1.33 bits per heavy atom. The second kappa shape index (κ2) is 3.26. The molecule has 0 amide bonds. The molecule has 1 aromatic heterocycles. The van der Waals surface area contributed by atoms with Gasteiger partial charge in [0.15, 0.2) is 0 Å². The molecule has 1 atom stereocenters. The highest BCUT2D eigenvalue weighted by Crippen LogP contribution is 2.27. The molecule has 2 aromatic rings. The van der Waals surface area contributed by atoms with Crippen LogP contribution in [0.25, 0.3) is 10.9 Å². The van der Waals surface area contributed by atoms with E-state index in [0.717, 1.165) is 24.4 Å². The molecule has 2 nitrogen and oxygen atoms in total. The molecule has 15 heavy (non-hydrogen) atoms. The minimum absolute atomic E-state index is 0.317. The summed E-state index contributed by atoms with van der Waals surface area (Å²) in [5.41, 5.74) is 8.54. The number of halogens is 1. The molecule has 1 aliphatic rings. The lowest BCUT2D eigenvalue weighted by Crippen LogP contribution is -2.30. The van der Waals surface area contributed by atoms with Crippen LogP contribution in [0.15, 0.2) is 24.3 Å². The third-order valence-corrected chi connectivity index (χ3v) is 3.38. The summed E-state index contributed by atoms with van der Waals surface area (Å²) in [4.78, 5) is 0. The first kappa shape index (κ1) is 9.25. The summed E-state index contributed by atoms with van der Waals surface area (Å²) < 4.78 is 2.34. The van der Waals surface area contributed by atoms with E-state index >= 15 is 0 Å². The maximum atomic E-state index is 6.01. The molecule has 2 N–H and O–H groups in total. The molecule has 0 saturated heterocycles. The van der Waals surface area contributed by atoms with E-state index in [0.29, 0.717) is 6.04 Å². The average molecular weight is 221 g/mol. The van der Waals surface area contributed by atoms with Crippen LogP contribution in [0.5, 0.6) is 0 Å². The number of nitrogens with two attached hydrogens (primary N) is 1. The van der Waals surface area contributed by atoms with Crippen molar-refractivity contribution in [3.63, 3.8) is 0 Å². The first-order chi connectivity index (χ1) is 7.24. The van der Waals surface area contributed by atoms with Crippen LogP contribution in [-0.4, -0.2) is 10.6 Å². The molecule has 0 spiro atoms. The van der Waals surface area contributed by atoms with Crippen LogP contribution >= 0.6 is 11.6 Å². The number of hydrogen-bond acceptors (Lipinski definition) is 1. The molecule has 3 heteroatoms. The maximum absolute atomic E-state index is 6.01. The Bertz CT molecular complexity index is 516. The molecular formula is C12H13ClN2. The minimum Gasteiger partial charge on any atom is -0.344 e. The third-order valence-electron chi connectivity index (χ3n) is 3.15. The molecule has 0 fully saturated rings. The van der Waals surface area contributed by atoms with Gasteiger partial charge < -0.3 is 10.3 Å². The molecule has 1 aliphatic heterocycles. The zero-order chi connectivity index (χ0) is 10.4. The van der Waals surface area contributed by atoms with E-state index in [4.69, 9.17) is 17.3 Å². The normalized spacial score (nSPS) is 20.5. The predicted molar refractivity (Wildman–Crippen MR) is 63.2 cm³/mol. The Morgan fingerprint density at radius 3 is 3.07 bits per heavy atom. The van der Waals surface area contributed by atoms with Crippen LogP contribution in [0.1, 0.15) is 12.1 Å². The number of fused-ring (bicyclic) bond motifs is 3. The maximum Gasteiger partial charge on any atom is 0.0497 e. The van der Waals surface area contributed by atoms with Crippen molar-refractivity contribution in [1.29, 1.82) is 0 Å². The summed E-state index contributed by atoms with van der Waals surface area (Å²) in [5.74, 6) is 0. The molecular weight excluding hydrogens is 208 g/mol. The van der Waals surface area contributed by atoms with Crippen molar-refractivity contribution in [2.75, 3.05) is 0 Å². The molecule has 78 valence electrons. The van der Waals surface area contributed by atoms with Gasteiger partial charge in [-0.2, -0.15) is 0 Å². The lowest BCUT2D eigenvalue weighted by Gasteiger charge is -2.21. The van der Waals surface area contributed by atoms with Gasteiger partial charge in [-0.1, -0.05) is 17.7 Å². The van der Waals surface area contributed by atoms with E-state index in [1.54, 1.807) is 0 Å². The summed E-state index contributed by atoms with van der Waals surface area (Å²) in [7, 11) is 0. The highest BCUT2D eigenvalue weighted by molar-refractivity contribution is 6.31. The van der Waals surface area contributed by atoms with Crippen LogP contribution in [0.2, 0.25) is 5.02 Å². The lowest BCUT2D eigenvalue weighted by atomic mass is 10.1. The van der Waals surface area contributed by atoms with Gasteiger partial charge >= 0.3 is 0 Å². The van der Waals surface area contributed by atoms with Crippen molar-refractivity contribution in [1.82, 2.24) is 4.57 Å². The quantitative estimate of drug-likeness (QED) is 0.727. The van der Waals surface area contributed by atoms with Crippen LogP contribution in [0, 0.1) is 0 Å². The molecule has 2 heterocycles. The Balaban J connectivity index is 2.24. The minimum atomic E-state index is 0.317. The Kier molecular flexibility index (Phi) is 2.01. The van der Waals surface area contributed by atoms with Crippen LogP contribution in [0.3, 0.4) is 0 Å². The van der Waals surface area contributed by atoms with Gasteiger partial charge in [-0.05, 0) is 30.0 Å². The highest BCUT2D eigenvalue weighted by Gasteiger charge is 2.17. The number of nitrogens with zero attached hydrogens (tertiary/aromatic N) is 1. The fraction of sp³-hybridized carbons (Fsp3) is 0.333. The molecule has 1 aromatic carbocycles. The van der Waals surface area contributed by atoms with Crippen LogP contribution in [0.4, 0.5) is 0 Å². The summed E-state index contributed by atoms with van der Waals surface area (Å²) in [6, 6.07) is 8.60. The molecule has 0 aliphatic carbocycles. The Labute approximate surface area is 93.6 Å². The van der Waals surface area contributed by atoms with E-state index < -0.39 is 0 Å². The van der Waals surface area contributed by atoms with Gasteiger partial charge in [-0.3, -0.25) is 0 Å². The number of aryl methyl sites for hydroxylation is 1. The van der Waals surface area contributed by atoms with E-state index in [1.807, 2.05) is 12.1 Å². The highest BCUT2D eigenvalue weighted by atomic mass is 35.5. The van der Waals surface area contributed by atoms with Crippen LogP contribution < -0.4 is 5.73 Å². The van der Waals surface area contributed by atoms with E-state index in [1.165, 1.54) is 16.6 Å². The first-order valence-corrected chi connectivity index (χ1v) is 5.65. The number of rotatable bonds is 0. The summed E-state index contributed by atoms with van der Waals surface area (Å²) in [5, 5.41) is 2.07. The Hall–Kier alpha value is -0.990. The Morgan fingerprint density at radius 2 is 2.20 bits per heavy atom. The summed E-state index contributed by atoms with van der Waals surface area (Å²) in [6.45, 7) is 1.01. The first-order valence-electron chi connectivity index (χ1n) is 5.27. The van der Waals surface area contributed by atoms with Gasteiger partial charge in [0.05, 0.1) is 0 Å². The second-order valence-electron chi connectivity index (χ2n) is 4.24. The van der Waals surface area contributed by atoms with E-state index in [-0.39, 0.29) is 0 Å². The zero-order valence-corrected chi connectivity index (χ0v) is 9.17. The average Bonchev–Trinajstić information content (AvgIpc) is 2.54. The predicted octanol–water partition coefficient (Wildman–Crippen LogP) is 2.57. The molecule has 1 unspecified atom stereocenters. The van der Waals surface area contributed by atoms with Crippen molar-refractivity contribution in [3.05, 3.63) is 35.0 Å². The van der Waals surface area contributed by atoms with Gasteiger partial charge in [0.2, 0.25) is 0 Å². The van der Waals surface area contributed by atoms with Crippen molar-refractivity contribution in [2.45, 2.75) is 25.4 Å². The number of aromatic nitrogens is 1. The smallest absolute Gasteiger partial charge is 0.0497 e. The van der Waals surface area contributed by atoms with Crippen molar-refractivity contribution < 1.29 is 0 Å². The number of benzene rings is 1. The largest absolute Gasteiger partial charge is 0.344 e. The van der Waals surface area contributed by atoms with E-state index in [2.05, 4.69) is 16.7 Å². The molecule has 0 radical (unpaired) electrons. The second-order valence-corrected chi connectivity index (χ2v) is 4.68. The summed E-state index contributed by atoms with van der Waals surface area (Å²) >= 11 is 6.01. The molecule has 0 bridgehead atoms. The van der Waals surface area contributed by atoms with Gasteiger partial charge in [0.1, 0.15) is 0 Å². The standard InChI is InChI=1S/C12H13ClN2/c13-9-2-1-8-5-11-7-10(14)3-4-15(11)12(8)6-9/h1-2,5-6,10H,3-4,7,14H2. The van der Waals surface area contributed by atoms with Crippen LogP contribution in [-0.2, 0) is 13.0 Å². The van der Waals surface area contributed by atoms with Gasteiger partial charge in [-0.15, -0.1) is 0 Å². The van der Waals surface area contributed by atoms with Crippen molar-refractivity contribution in [2.24, 2.45) is 5.73 Å². The SMILES string of the molecule is NC1CCn2c(cc3ccc(Cl)cc32)C1. The lowest BCUT2D eigenvalue weighted by molar-refractivity contribution is 0.480. The van der Waals surface area contributed by atoms with E-state index in [9.17, 15) is 0 Å². The third kappa shape index (κ3) is 1.45. The molecule has 3 rings (SSSR count). The van der Waals surface area contributed by atoms with Gasteiger partial charge in [0.25, 0.3) is 0 Å². The van der Waals surface area contributed by atoms with Gasteiger partial charge in [-0.25, -0.2) is 0 Å². The fourth-order valence-corrected chi connectivity index (χ4v) is 2.55. The fourth-order valence-electron chi connectivity index (χ4n) is 2.38.